The molecule has 0 fully saturated rings. The zero-order valence-corrected chi connectivity index (χ0v) is 14.8. The smallest absolute Gasteiger partial charge is 0.273 e. The number of aromatic nitrogens is 1. The van der Waals surface area contributed by atoms with Gasteiger partial charge >= 0.3 is 0 Å². The van der Waals surface area contributed by atoms with E-state index in [1.807, 2.05) is 71.6 Å². The van der Waals surface area contributed by atoms with Crippen LogP contribution in [0.1, 0.15) is 26.3 Å². The molecule has 28 heavy (non-hydrogen) atoms. The molecule has 1 N–H and O–H groups in total. The summed E-state index contributed by atoms with van der Waals surface area (Å²) in [4.78, 5) is 25.6. The summed E-state index contributed by atoms with van der Waals surface area (Å²) in [6.07, 6.45) is 3.74. The Morgan fingerprint density at radius 1 is 0.821 bits per heavy atom. The molecule has 5 nitrogen and oxygen atoms in total. The molecule has 5 heteroatoms. The number of hydrogen-bond acceptors (Lipinski definition) is 3. The van der Waals surface area contributed by atoms with Crippen molar-refractivity contribution in [3.05, 3.63) is 102 Å². The van der Waals surface area contributed by atoms with Gasteiger partial charge in [-0.15, -0.1) is 0 Å². The summed E-state index contributed by atoms with van der Waals surface area (Å²) in [5.74, 6) is -0.543. The summed E-state index contributed by atoms with van der Waals surface area (Å²) in [5.41, 5.74) is 5.42. The summed E-state index contributed by atoms with van der Waals surface area (Å²) < 4.78 is 1.86. The Hall–Kier alpha value is -3.99. The van der Waals surface area contributed by atoms with Crippen LogP contribution in [0.15, 0.2) is 90.3 Å². The van der Waals surface area contributed by atoms with Crippen molar-refractivity contribution in [2.24, 2.45) is 5.10 Å². The fraction of sp³-hybridized carbons (Fsp3) is 0. The van der Waals surface area contributed by atoms with E-state index < -0.39 is 0 Å². The zero-order chi connectivity index (χ0) is 19.1. The summed E-state index contributed by atoms with van der Waals surface area (Å²) in [5, 5.41) is 6.07. The van der Waals surface area contributed by atoms with Gasteiger partial charge in [0.25, 0.3) is 5.91 Å². The summed E-state index contributed by atoms with van der Waals surface area (Å²) in [6, 6.07) is 22.4. The fourth-order valence-corrected chi connectivity index (χ4v) is 3.64. The van der Waals surface area contributed by atoms with E-state index in [1.165, 1.54) is 0 Å². The normalized spacial score (nSPS) is 14.0. The van der Waals surface area contributed by atoms with Gasteiger partial charge in [-0.3, -0.25) is 9.59 Å². The van der Waals surface area contributed by atoms with E-state index in [1.54, 1.807) is 18.2 Å². The summed E-state index contributed by atoms with van der Waals surface area (Å²) >= 11 is 0. The molecule has 1 amide bonds. The molecule has 0 radical (unpaired) electrons. The second-order valence-electron chi connectivity index (χ2n) is 6.55. The van der Waals surface area contributed by atoms with Crippen LogP contribution >= 0.6 is 0 Å². The fourth-order valence-electron chi connectivity index (χ4n) is 3.64. The number of carbonyl (C=O) groups is 2. The maximum Gasteiger partial charge on any atom is 0.273 e. The van der Waals surface area contributed by atoms with Crippen molar-refractivity contribution >= 4 is 28.2 Å². The number of nitrogens with zero attached hydrogens (tertiary/aromatic N) is 2. The lowest BCUT2D eigenvalue weighted by Gasteiger charge is -2.09. The number of carbonyl (C=O) groups excluding carboxylic acids is 2. The Kier molecular flexibility index (Phi) is 3.66. The van der Waals surface area contributed by atoms with Crippen molar-refractivity contribution in [2.75, 3.05) is 0 Å². The Balaban J connectivity index is 1.51. The van der Waals surface area contributed by atoms with Crippen LogP contribution in [0.2, 0.25) is 0 Å². The molecule has 0 bridgehead atoms. The highest BCUT2D eigenvalue weighted by Crippen LogP contribution is 2.30. The van der Waals surface area contributed by atoms with E-state index in [9.17, 15) is 9.59 Å². The van der Waals surface area contributed by atoms with E-state index in [2.05, 4.69) is 10.5 Å². The summed E-state index contributed by atoms with van der Waals surface area (Å²) in [7, 11) is 0. The number of rotatable bonds is 3. The molecule has 0 saturated heterocycles. The Bertz CT molecular complexity index is 1270. The van der Waals surface area contributed by atoms with Crippen molar-refractivity contribution in [3.63, 3.8) is 0 Å². The van der Waals surface area contributed by atoms with Gasteiger partial charge in [0.15, 0.2) is 0 Å². The van der Waals surface area contributed by atoms with E-state index >= 15 is 0 Å². The predicted octanol–water partition coefficient (Wildman–Crippen LogP) is 3.96. The predicted molar refractivity (Wildman–Crippen MR) is 108 cm³/mol. The molecule has 0 saturated carbocycles. The first kappa shape index (κ1) is 16.2. The molecule has 3 aromatic carbocycles. The van der Waals surface area contributed by atoms with Crippen LogP contribution in [0.5, 0.6) is 0 Å². The maximum absolute atomic E-state index is 12.8. The van der Waals surface area contributed by atoms with Crippen LogP contribution in [-0.2, 0) is 0 Å². The van der Waals surface area contributed by atoms with Crippen LogP contribution in [0.4, 0.5) is 0 Å². The third-order valence-corrected chi connectivity index (χ3v) is 4.92. The van der Waals surface area contributed by atoms with Gasteiger partial charge in [0, 0.05) is 28.9 Å². The van der Waals surface area contributed by atoms with Crippen molar-refractivity contribution in [2.45, 2.75) is 0 Å². The van der Waals surface area contributed by atoms with Gasteiger partial charge in [-0.25, -0.2) is 5.43 Å². The molecule has 0 aliphatic heterocycles. The first-order valence-electron chi connectivity index (χ1n) is 8.91. The minimum Gasteiger partial charge on any atom is -0.323 e. The molecule has 134 valence electrons. The minimum absolute atomic E-state index is 0.175. The van der Waals surface area contributed by atoms with Crippen molar-refractivity contribution in [1.82, 2.24) is 9.99 Å². The number of amides is 1. The number of nitrogens with one attached hydrogen (secondary N) is 1. The van der Waals surface area contributed by atoms with Gasteiger partial charge in [0.2, 0.25) is 5.78 Å². The molecular weight excluding hydrogens is 350 g/mol. The zero-order valence-electron chi connectivity index (χ0n) is 14.8. The van der Waals surface area contributed by atoms with Gasteiger partial charge in [0.05, 0.1) is 11.3 Å². The van der Waals surface area contributed by atoms with E-state index in [0.717, 1.165) is 22.0 Å². The minimum atomic E-state index is -0.368. The molecule has 5 rings (SSSR count). The molecular formula is C23H15N3O2. The van der Waals surface area contributed by atoms with Gasteiger partial charge < -0.3 is 4.57 Å². The van der Waals surface area contributed by atoms with Crippen LogP contribution in [0, 0.1) is 0 Å². The van der Waals surface area contributed by atoms with Crippen LogP contribution in [0.3, 0.4) is 0 Å². The number of benzene rings is 3. The molecule has 1 aliphatic rings. The lowest BCUT2D eigenvalue weighted by atomic mass is 10.1. The quantitative estimate of drug-likeness (QED) is 0.559. The topological polar surface area (TPSA) is 63.5 Å². The Labute approximate surface area is 160 Å². The van der Waals surface area contributed by atoms with Crippen molar-refractivity contribution in [3.8, 4) is 5.69 Å². The molecule has 0 atom stereocenters. The Morgan fingerprint density at radius 2 is 1.54 bits per heavy atom. The lowest BCUT2D eigenvalue weighted by Crippen LogP contribution is -2.23. The van der Waals surface area contributed by atoms with E-state index in [0.29, 0.717) is 11.1 Å². The van der Waals surface area contributed by atoms with E-state index in [4.69, 9.17) is 0 Å². The highest BCUT2D eigenvalue weighted by Gasteiger charge is 2.29. The number of hydrogen-bond donors (Lipinski definition) is 1. The van der Waals surface area contributed by atoms with Gasteiger partial charge in [-0.2, -0.15) is 5.10 Å². The van der Waals surface area contributed by atoms with Gasteiger partial charge in [-0.05, 0) is 29.7 Å². The molecule has 1 aliphatic carbocycles. The maximum atomic E-state index is 12.8. The lowest BCUT2D eigenvalue weighted by molar-refractivity contribution is 0.0955. The SMILES string of the molecule is O=C(N/N=C1/C(=O)c2cccc3cccc1c23)c1ccccc1-n1cccc1. The summed E-state index contributed by atoms with van der Waals surface area (Å²) in [6.45, 7) is 0. The van der Waals surface area contributed by atoms with Crippen LogP contribution in [0.25, 0.3) is 16.5 Å². The third kappa shape index (κ3) is 2.45. The standard InChI is InChI=1S/C23H15N3O2/c27-22-18-11-6-8-15-7-5-10-17(20(15)18)21(22)24-25-23(28)16-9-1-2-12-19(16)26-13-3-4-14-26/h1-14H,(H,25,28)/b24-21+. The first-order valence-corrected chi connectivity index (χ1v) is 8.91. The number of hydrazone groups is 1. The van der Waals surface area contributed by atoms with Crippen molar-refractivity contribution < 1.29 is 9.59 Å². The van der Waals surface area contributed by atoms with Crippen LogP contribution in [-0.4, -0.2) is 22.0 Å². The third-order valence-electron chi connectivity index (χ3n) is 4.92. The Morgan fingerprint density at radius 3 is 2.32 bits per heavy atom. The van der Waals surface area contributed by atoms with Gasteiger partial charge in [0.1, 0.15) is 5.71 Å². The number of para-hydroxylation sites is 1. The monoisotopic (exact) mass is 365 g/mol. The molecule has 4 aromatic rings. The second-order valence-corrected chi connectivity index (χ2v) is 6.55. The molecule has 1 heterocycles. The molecule has 0 unspecified atom stereocenters. The first-order chi connectivity index (χ1) is 13.7. The average Bonchev–Trinajstić information content (AvgIpc) is 3.36. The number of Topliss-reactive ketones (excluding diaryl/α,β-unsaturated/α-hetero) is 1. The second kappa shape index (κ2) is 6.32. The molecule has 1 aromatic heterocycles. The van der Waals surface area contributed by atoms with E-state index in [-0.39, 0.29) is 17.4 Å². The number of ketones is 1. The molecule has 0 spiro atoms. The van der Waals surface area contributed by atoms with Crippen molar-refractivity contribution in [1.29, 1.82) is 0 Å². The largest absolute Gasteiger partial charge is 0.323 e. The highest BCUT2D eigenvalue weighted by atomic mass is 16.2. The average molecular weight is 365 g/mol. The van der Waals surface area contributed by atoms with Gasteiger partial charge in [-0.1, -0.05) is 48.5 Å². The highest BCUT2D eigenvalue weighted by molar-refractivity contribution is 6.59. The van der Waals surface area contributed by atoms with Crippen LogP contribution < -0.4 is 5.43 Å².